The van der Waals surface area contributed by atoms with Crippen molar-refractivity contribution in [3.63, 3.8) is 0 Å². The quantitative estimate of drug-likeness (QED) is 0.852. The smallest absolute Gasteiger partial charge is 0.0538 e. The predicted octanol–water partition coefficient (Wildman–Crippen LogP) is 1.43. The first-order chi connectivity index (χ1) is 9.24. The zero-order chi connectivity index (χ0) is 13.7. The van der Waals surface area contributed by atoms with Gasteiger partial charge in [0, 0.05) is 43.8 Å². The van der Waals surface area contributed by atoms with E-state index < -0.39 is 0 Å². The Morgan fingerprint density at radius 2 is 2.11 bits per heavy atom. The molecule has 0 aromatic carbocycles. The summed E-state index contributed by atoms with van der Waals surface area (Å²) in [6.45, 7) is 4.39. The van der Waals surface area contributed by atoms with E-state index in [0.717, 1.165) is 13.1 Å². The summed E-state index contributed by atoms with van der Waals surface area (Å²) in [7, 11) is 2.08. The number of likely N-dealkylation sites (N-methyl/N-ethyl adjacent to an activating group) is 1. The fourth-order valence-electron chi connectivity index (χ4n) is 2.18. The maximum Gasteiger partial charge on any atom is 0.0538 e. The second-order valence-corrected chi connectivity index (χ2v) is 4.65. The van der Waals surface area contributed by atoms with Crippen molar-refractivity contribution in [2.24, 2.45) is 5.73 Å². The Bertz CT molecular complexity index is 494. The molecule has 0 saturated carbocycles. The van der Waals surface area contributed by atoms with Gasteiger partial charge in [0.2, 0.25) is 0 Å². The topological polar surface area (TPSA) is 60.0 Å². The molecular weight excluding hydrogens is 238 g/mol. The van der Waals surface area contributed by atoms with Crippen LogP contribution in [-0.2, 0) is 13.1 Å². The normalized spacial score (nSPS) is 12.8. The molecule has 0 aliphatic rings. The number of aromatic nitrogens is 3. The molecule has 19 heavy (non-hydrogen) atoms. The predicted molar refractivity (Wildman–Crippen MR) is 75.4 cm³/mol. The van der Waals surface area contributed by atoms with E-state index in [2.05, 4.69) is 35.2 Å². The van der Waals surface area contributed by atoms with Crippen LogP contribution in [0.1, 0.15) is 24.1 Å². The largest absolute Gasteiger partial charge is 0.329 e. The van der Waals surface area contributed by atoms with Crippen molar-refractivity contribution in [3.05, 3.63) is 48.0 Å². The van der Waals surface area contributed by atoms with Crippen molar-refractivity contribution in [2.75, 3.05) is 13.6 Å². The molecule has 0 amide bonds. The minimum atomic E-state index is 0.188. The molecule has 2 rings (SSSR count). The van der Waals surface area contributed by atoms with Crippen LogP contribution in [0.3, 0.4) is 0 Å². The van der Waals surface area contributed by atoms with Gasteiger partial charge in [-0.2, -0.15) is 5.10 Å². The summed E-state index contributed by atoms with van der Waals surface area (Å²) in [5, 5.41) is 4.32. The lowest BCUT2D eigenvalue weighted by atomic mass is 10.1. The Morgan fingerprint density at radius 3 is 2.68 bits per heavy atom. The number of hydrogen-bond donors (Lipinski definition) is 1. The van der Waals surface area contributed by atoms with Crippen LogP contribution in [0.2, 0.25) is 0 Å². The molecule has 0 radical (unpaired) electrons. The van der Waals surface area contributed by atoms with Crippen molar-refractivity contribution in [1.29, 1.82) is 0 Å². The van der Waals surface area contributed by atoms with E-state index in [1.165, 1.54) is 11.1 Å². The number of pyridine rings is 1. The van der Waals surface area contributed by atoms with Gasteiger partial charge in [-0.3, -0.25) is 14.6 Å². The first kappa shape index (κ1) is 13.7. The zero-order valence-corrected chi connectivity index (χ0v) is 11.5. The fraction of sp³-hybridized carbons (Fsp3) is 0.429. The van der Waals surface area contributed by atoms with E-state index in [-0.39, 0.29) is 6.04 Å². The maximum absolute atomic E-state index is 5.92. The van der Waals surface area contributed by atoms with E-state index in [4.69, 9.17) is 5.73 Å². The van der Waals surface area contributed by atoms with Crippen LogP contribution in [-0.4, -0.2) is 33.3 Å². The highest BCUT2D eigenvalue weighted by Gasteiger charge is 2.17. The second-order valence-electron chi connectivity index (χ2n) is 4.65. The molecule has 1 atom stereocenters. The van der Waals surface area contributed by atoms with Crippen molar-refractivity contribution in [3.8, 4) is 0 Å². The molecule has 0 spiro atoms. The standard InChI is InChI=1S/C14H21N5/c1-3-19-11-13(9-17-19)14(8-15)18(2)10-12-4-6-16-7-5-12/h4-7,9,11,14H,3,8,10,15H2,1-2H3. The molecule has 0 fully saturated rings. The molecule has 5 nitrogen and oxygen atoms in total. The Hall–Kier alpha value is -1.72. The molecule has 2 aromatic rings. The fourth-order valence-corrected chi connectivity index (χ4v) is 2.18. The lowest BCUT2D eigenvalue weighted by Crippen LogP contribution is -2.30. The molecule has 5 heteroatoms. The van der Waals surface area contributed by atoms with Gasteiger partial charge in [0.1, 0.15) is 0 Å². The van der Waals surface area contributed by atoms with Gasteiger partial charge in [-0.1, -0.05) is 0 Å². The van der Waals surface area contributed by atoms with Crippen LogP contribution < -0.4 is 5.73 Å². The molecule has 0 aliphatic heterocycles. The Morgan fingerprint density at radius 1 is 1.37 bits per heavy atom. The van der Waals surface area contributed by atoms with E-state index in [0.29, 0.717) is 6.54 Å². The summed E-state index contributed by atoms with van der Waals surface area (Å²) >= 11 is 0. The van der Waals surface area contributed by atoms with Crippen molar-refractivity contribution >= 4 is 0 Å². The monoisotopic (exact) mass is 259 g/mol. The highest BCUT2D eigenvalue weighted by atomic mass is 15.3. The van der Waals surface area contributed by atoms with E-state index in [1.807, 2.05) is 35.4 Å². The van der Waals surface area contributed by atoms with E-state index in [1.54, 1.807) is 0 Å². The van der Waals surface area contributed by atoms with Crippen molar-refractivity contribution < 1.29 is 0 Å². The van der Waals surface area contributed by atoms with Crippen molar-refractivity contribution in [2.45, 2.75) is 26.1 Å². The molecule has 2 heterocycles. The molecule has 2 aromatic heterocycles. The first-order valence-electron chi connectivity index (χ1n) is 6.56. The molecule has 0 saturated heterocycles. The minimum absolute atomic E-state index is 0.188. The number of nitrogens with zero attached hydrogens (tertiary/aromatic N) is 4. The van der Waals surface area contributed by atoms with Crippen LogP contribution in [0.5, 0.6) is 0 Å². The average Bonchev–Trinajstić information content (AvgIpc) is 2.89. The van der Waals surface area contributed by atoms with Gasteiger partial charge >= 0.3 is 0 Å². The third kappa shape index (κ3) is 3.39. The van der Waals surface area contributed by atoms with Gasteiger partial charge in [-0.25, -0.2) is 0 Å². The molecule has 1 unspecified atom stereocenters. The van der Waals surface area contributed by atoms with Crippen molar-refractivity contribution in [1.82, 2.24) is 19.7 Å². The summed E-state index contributed by atoms with van der Waals surface area (Å²) in [6, 6.07) is 4.24. The van der Waals surface area contributed by atoms with Crippen LogP contribution in [0.25, 0.3) is 0 Å². The van der Waals surface area contributed by atoms with Gasteiger partial charge in [0.05, 0.1) is 12.2 Å². The molecule has 2 N–H and O–H groups in total. The third-order valence-electron chi connectivity index (χ3n) is 3.30. The maximum atomic E-state index is 5.92. The van der Waals surface area contributed by atoms with Crippen LogP contribution in [0, 0.1) is 0 Å². The van der Waals surface area contributed by atoms with Gasteiger partial charge in [-0.05, 0) is 31.7 Å². The zero-order valence-electron chi connectivity index (χ0n) is 11.5. The number of nitrogens with two attached hydrogens (primary N) is 1. The number of hydrogen-bond acceptors (Lipinski definition) is 4. The average molecular weight is 259 g/mol. The summed E-state index contributed by atoms with van der Waals surface area (Å²) in [6.07, 6.45) is 7.61. The number of rotatable bonds is 6. The van der Waals surface area contributed by atoms with E-state index in [9.17, 15) is 0 Å². The molecule has 102 valence electrons. The summed E-state index contributed by atoms with van der Waals surface area (Å²) in [5.74, 6) is 0. The van der Waals surface area contributed by atoms with Gasteiger partial charge < -0.3 is 5.73 Å². The van der Waals surface area contributed by atoms with Crippen LogP contribution in [0.15, 0.2) is 36.9 Å². The molecule has 0 bridgehead atoms. The Balaban J connectivity index is 2.08. The van der Waals surface area contributed by atoms with Gasteiger partial charge in [-0.15, -0.1) is 0 Å². The Kier molecular flexibility index (Phi) is 4.65. The highest BCUT2D eigenvalue weighted by molar-refractivity contribution is 5.14. The van der Waals surface area contributed by atoms with Crippen LogP contribution >= 0.6 is 0 Å². The Labute approximate surface area is 114 Å². The summed E-state index contributed by atoms with van der Waals surface area (Å²) < 4.78 is 1.93. The first-order valence-corrected chi connectivity index (χ1v) is 6.56. The SMILES string of the molecule is CCn1cc(C(CN)N(C)Cc2ccncc2)cn1. The molecule has 0 aliphatic carbocycles. The van der Waals surface area contributed by atoms with Gasteiger partial charge in [0.25, 0.3) is 0 Å². The highest BCUT2D eigenvalue weighted by Crippen LogP contribution is 2.19. The third-order valence-corrected chi connectivity index (χ3v) is 3.30. The minimum Gasteiger partial charge on any atom is -0.329 e. The summed E-state index contributed by atoms with van der Waals surface area (Å²) in [5.41, 5.74) is 8.32. The van der Waals surface area contributed by atoms with E-state index >= 15 is 0 Å². The lowest BCUT2D eigenvalue weighted by Gasteiger charge is -2.26. The number of aryl methyl sites for hydroxylation is 1. The second kappa shape index (κ2) is 6.45. The van der Waals surface area contributed by atoms with Gasteiger partial charge in [0.15, 0.2) is 0 Å². The summed E-state index contributed by atoms with van der Waals surface area (Å²) in [4.78, 5) is 6.28. The lowest BCUT2D eigenvalue weighted by molar-refractivity contribution is 0.241. The van der Waals surface area contributed by atoms with Crippen LogP contribution in [0.4, 0.5) is 0 Å². The molecular formula is C14H21N5.